The third-order valence-corrected chi connectivity index (χ3v) is 4.96. The minimum atomic E-state index is -0.527. The Morgan fingerprint density at radius 3 is 2.48 bits per heavy atom. The molecule has 0 radical (unpaired) electrons. The quantitative estimate of drug-likeness (QED) is 0.550. The lowest BCUT2D eigenvalue weighted by atomic mass is 10.1. The van der Waals surface area contributed by atoms with Crippen molar-refractivity contribution in [3.8, 4) is 0 Å². The molecule has 1 saturated heterocycles. The van der Waals surface area contributed by atoms with Crippen LogP contribution in [0.15, 0.2) is 47.5 Å². The zero-order valence-electron chi connectivity index (χ0n) is 16.9. The second-order valence-corrected chi connectivity index (χ2v) is 7.03. The van der Waals surface area contributed by atoms with Crippen LogP contribution in [-0.4, -0.2) is 38.7 Å². The number of hydrogen-bond donors (Lipinski definition) is 2. The van der Waals surface area contributed by atoms with E-state index in [9.17, 15) is 8.78 Å². The number of halogens is 2. The Morgan fingerprint density at radius 1 is 1.14 bits per heavy atom. The van der Waals surface area contributed by atoms with Gasteiger partial charge in [-0.25, -0.2) is 8.78 Å². The Morgan fingerprint density at radius 2 is 1.83 bits per heavy atom. The number of rotatable bonds is 7. The summed E-state index contributed by atoms with van der Waals surface area (Å²) in [5, 5.41) is 6.64. The Kier molecular flexibility index (Phi) is 7.41. The summed E-state index contributed by atoms with van der Waals surface area (Å²) < 4.78 is 33.4. The van der Waals surface area contributed by atoms with Crippen molar-refractivity contribution in [3.05, 3.63) is 65.2 Å². The molecule has 7 heteroatoms. The summed E-state index contributed by atoms with van der Waals surface area (Å²) in [4.78, 5) is 6.01. The molecule has 0 spiro atoms. The summed E-state index contributed by atoms with van der Waals surface area (Å²) in [6.45, 7) is 5.04. The minimum Gasteiger partial charge on any atom is -0.377 e. The highest BCUT2D eigenvalue weighted by Crippen LogP contribution is 2.26. The summed E-state index contributed by atoms with van der Waals surface area (Å²) in [6.07, 6.45) is 0.778. The Hall–Kier alpha value is -2.67. The summed E-state index contributed by atoms with van der Waals surface area (Å²) in [7, 11) is 1.71. The van der Waals surface area contributed by atoms with Gasteiger partial charge in [0.05, 0.1) is 6.61 Å². The normalized spacial score (nSPS) is 16.9. The lowest BCUT2D eigenvalue weighted by Gasteiger charge is -2.21. The molecule has 1 aliphatic heterocycles. The molecule has 0 bridgehead atoms. The van der Waals surface area contributed by atoms with Crippen molar-refractivity contribution in [2.45, 2.75) is 32.5 Å². The van der Waals surface area contributed by atoms with Gasteiger partial charge in [-0.05, 0) is 36.6 Å². The molecule has 29 heavy (non-hydrogen) atoms. The number of para-hydroxylation sites is 1. The molecular weight excluding hydrogens is 374 g/mol. The molecule has 156 valence electrons. The molecule has 0 saturated carbocycles. The largest absolute Gasteiger partial charge is 0.377 e. The average Bonchev–Trinajstić information content (AvgIpc) is 3.18. The van der Waals surface area contributed by atoms with Crippen molar-refractivity contribution < 1.29 is 13.5 Å². The van der Waals surface area contributed by atoms with Crippen molar-refractivity contribution in [2.75, 3.05) is 31.6 Å². The summed E-state index contributed by atoms with van der Waals surface area (Å²) in [6, 6.07) is 12.3. The fraction of sp³-hybridized carbons (Fsp3) is 0.409. The Balaban J connectivity index is 1.50. The van der Waals surface area contributed by atoms with Gasteiger partial charge in [0.2, 0.25) is 0 Å². The molecule has 0 amide bonds. The van der Waals surface area contributed by atoms with Gasteiger partial charge in [-0.3, -0.25) is 4.99 Å². The maximum atomic E-state index is 14.0. The van der Waals surface area contributed by atoms with E-state index in [4.69, 9.17) is 4.74 Å². The first-order valence-electron chi connectivity index (χ1n) is 9.92. The van der Waals surface area contributed by atoms with E-state index in [0.29, 0.717) is 38.8 Å². The Bertz CT molecular complexity index is 806. The number of ether oxygens (including phenoxy) is 1. The summed E-state index contributed by atoms with van der Waals surface area (Å²) in [5.74, 6) is -0.383. The second-order valence-electron chi connectivity index (χ2n) is 7.03. The molecule has 2 N–H and O–H groups in total. The third-order valence-electron chi connectivity index (χ3n) is 4.96. The fourth-order valence-corrected chi connectivity index (χ4v) is 3.42. The number of anilines is 1. The minimum absolute atomic E-state index is 0.0480. The number of hydrogen-bond acceptors (Lipinski definition) is 3. The van der Waals surface area contributed by atoms with Gasteiger partial charge in [0.25, 0.3) is 0 Å². The van der Waals surface area contributed by atoms with Crippen LogP contribution in [0.1, 0.15) is 24.5 Å². The predicted octanol–water partition coefficient (Wildman–Crippen LogP) is 3.45. The molecule has 2 aromatic rings. The molecule has 0 aliphatic carbocycles. The molecule has 1 aliphatic rings. The smallest absolute Gasteiger partial charge is 0.191 e. The number of aliphatic imine (C=N–C) groups is 1. The van der Waals surface area contributed by atoms with E-state index >= 15 is 0 Å². The van der Waals surface area contributed by atoms with Crippen LogP contribution in [0.4, 0.5) is 14.5 Å². The van der Waals surface area contributed by atoms with Gasteiger partial charge in [-0.2, -0.15) is 0 Å². The molecule has 0 aromatic heterocycles. The third kappa shape index (κ3) is 5.67. The highest BCUT2D eigenvalue weighted by atomic mass is 19.1. The highest BCUT2D eigenvalue weighted by molar-refractivity contribution is 5.80. The molecule has 1 atom stereocenters. The van der Waals surface area contributed by atoms with Crippen LogP contribution in [0, 0.1) is 11.6 Å². The Labute approximate surface area is 170 Å². The summed E-state index contributed by atoms with van der Waals surface area (Å²) in [5.41, 5.74) is 2.33. The maximum absolute atomic E-state index is 14.0. The van der Waals surface area contributed by atoms with Crippen molar-refractivity contribution >= 4 is 11.6 Å². The van der Waals surface area contributed by atoms with Gasteiger partial charge in [-0.15, -0.1) is 0 Å². The fourth-order valence-electron chi connectivity index (χ4n) is 3.42. The van der Waals surface area contributed by atoms with Crippen molar-refractivity contribution in [2.24, 2.45) is 4.99 Å². The van der Waals surface area contributed by atoms with E-state index in [1.54, 1.807) is 11.9 Å². The van der Waals surface area contributed by atoms with E-state index in [1.807, 2.05) is 6.92 Å². The van der Waals surface area contributed by atoms with E-state index < -0.39 is 11.6 Å². The van der Waals surface area contributed by atoms with Gasteiger partial charge in [0.15, 0.2) is 5.96 Å². The molecule has 2 aromatic carbocycles. The van der Waals surface area contributed by atoms with Crippen LogP contribution in [0.25, 0.3) is 0 Å². The van der Waals surface area contributed by atoms with E-state index in [-0.39, 0.29) is 11.7 Å². The maximum Gasteiger partial charge on any atom is 0.191 e. The summed E-state index contributed by atoms with van der Waals surface area (Å²) >= 11 is 0. The topological polar surface area (TPSA) is 48.9 Å². The molecule has 1 unspecified atom stereocenters. The molecule has 3 rings (SSSR count). The lowest BCUT2D eigenvalue weighted by Crippen LogP contribution is -2.44. The number of benzene rings is 2. The first kappa shape index (κ1) is 21.0. The molecule has 5 nitrogen and oxygen atoms in total. The number of nitrogens with zero attached hydrogens (tertiary/aromatic N) is 2. The SMILES string of the molecule is CCOCc1ccc(CNC(=NC)NC2CCN(c3c(F)cccc3F)C2)cc1. The van der Waals surface area contributed by atoms with Crippen LogP contribution in [-0.2, 0) is 17.9 Å². The van der Waals surface area contributed by atoms with Crippen LogP contribution in [0.2, 0.25) is 0 Å². The molecule has 1 fully saturated rings. The van der Waals surface area contributed by atoms with Crippen molar-refractivity contribution in [3.63, 3.8) is 0 Å². The van der Waals surface area contributed by atoms with E-state index in [0.717, 1.165) is 17.5 Å². The van der Waals surface area contributed by atoms with Crippen LogP contribution in [0.5, 0.6) is 0 Å². The zero-order valence-corrected chi connectivity index (χ0v) is 16.9. The van der Waals surface area contributed by atoms with E-state index in [1.165, 1.54) is 18.2 Å². The van der Waals surface area contributed by atoms with Gasteiger partial charge >= 0.3 is 0 Å². The zero-order chi connectivity index (χ0) is 20.6. The van der Waals surface area contributed by atoms with Crippen LogP contribution < -0.4 is 15.5 Å². The first-order chi connectivity index (χ1) is 14.1. The molecular formula is C22H28F2N4O. The van der Waals surface area contributed by atoms with Crippen LogP contribution in [0.3, 0.4) is 0 Å². The molecule has 1 heterocycles. The van der Waals surface area contributed by atoms with Crippen molar-refractivity contribution in [1.29, 1.82) is 0 Å². The van der Waals surface area contributed by atoms with Crippen molar-refractivity contribution in [1.82, 2.24) is 10.6 Å². The standard InChI is InChI=1S/C22H28F2N4O/c1-3-29-15-17-9-7-16(8-10-17)13-26-22(25-2)27-18-11-12-28(14-18)21-19(23)5-4-6-20(21)24/h4-10,18H,3,11-15H2,1-2H3,(H2,25,26,27). The van der Waals surface area contributed by atoms with Gasteiger partial charge in [-0.1, -0.05) is 30.3 Å². The van der Waals surface area contributed by atoms with Gasteiger partial charge < -0.3 is 20.3 Å². The second kappa shape index (κ2) is 10.2. The lowest BCUT2D eigenvalue weighted by molar-refractivity contribution is 0.134. The van der Waals surface area contributed by atoms with Crippen LogP contribution >= 0.6 is 0 Å². The average molecular weight is 402 g/mol. The number of nitrogens with one attached hydrogen (secondary N) is 2. The predicted molar refractivity (Wildman–Crippen MR) is 112 cm³/mol. The van der Waals surface area contributed by atoms with Gasteiger partial charge in [0.1, 0.15) is 17.3 Å². The van der Waals surface area contributed by atoms with Gasteiger partial charge in [0, 0.05) is 39.3 Å². The van der Waals surface area contributed by atoms with E-state index in [2.05, 4.69) is 39.9 Å². The highest BCUT2D eigenvalue weighted by Gasteiger charge is 2.27. The first-order valence-corrected chi connectivity index (χ1v) is 9.92. The number of guanidine groups is 1. The monoisotopic (exact) mass is 402 g/mol.